The van der Waals surface area contributed by atoms with Crippen molar-refractivity contribution in [2.45, 2.75) is 77.3 Å². The van der Waals surface area contributed by atoms with Crippen LogP contribution in [0.15, 0.2) is 48.7 Å². The first-order valence-electron chi connectivity index (χ1n) is 18.5. The van der Waals surface area contributed by atoms with Crippen molar-refractivity contribution < 1.29 is 33.0 Å². The van der Waals surface area contributed by atoms with Gasteiger partial charge in [0, 0.05) is 18.5 Å². The maximum absolute atomic E-state index is 14.7. The fourth-order valence-electron chi connectivity index (χ4n) is 7.18. The minimum absolute atomic E-state index is 0.0793. The Bertz CT molecular complexity index is 2100. The van der Waals surface area contributed by atoms with E-state index in [1.54, 1.807) is 24.9 Å². The van der Waals surface area contributed by atoms with Gasteiger partial charge in [-0.15, -0.1) is 0 Å². The first kappa shape index (κ1) is 38.8. The zero-order valence-electron chi connectivity index (χ0n) is 31.8. The molecule has 4 amide bonds. The predicted octanol–water partition coefficient (Wildman–Crippen LogP) is 5.39. The molecule has 4 aromatic rings. The highest BCUT2D eigenvalue weighted by atomic mass is 19.1. The molecule has 0 saturated carbocycles. The van der Waals surface area contributed by atoms with E-state index in [1.807, 2.05) is 56.3 Å². The van der Waals surface area contributed by atoms with Gasteiger partial charge in [0.1, 0.15) is 35.6 Å². The summed E-state index contributed by atoms with van der Waals surface area (Å²) in [5.74, 6) is 6.42. The molecule has 15 heteroatoms. The van der Waals surface area contributed by atoms with E-state index in [9.17, 15) is 23.6 Å². The largest absolute Gasteiger partial charge is 0.453 e. The molecule has 0 radical (unpaired) electrons. The minimum Gasteiger partial charge on any atom is -0.453 e. The number of benzene rings is 2. The van der Waals surface area contributed by atoms with Gasteiger partial charge in [-0.05, 0) is 66.0 Å². The summed E-state index contributed by atoms with van der Waals surface area (Å²) in [5.41, 5.74) is 4.88. The van der Waals surface area contributed by atoms with Crippen LogP contribution < -0.4 is 10.6 Å². The summed E-state index contributed by atoms with van der Waals surface area (Å²) < 4.78 is 24.1. The van der Waals surface area contributed by atoms with Gasteiger partial charge in [0.2, 0.25) is 11.8 Å². The Morgan fingerprint density at radius 3 is 2.11 bits per heavy atom. The van der Waals surface area contributed by atoms with Gasteiger partial charge < -0.3 is 39.9 Å². The van der Waals surface area contributed by atoms with Gasteiger partial charge in [-0.1, -0.05) is 51.8 Å². The van der Waals surface area contributed by atoms with Crippen molar-refractivity contribution in [3.05, 3.63) is 71.6 Å². The lowest BCUT2D eigenvalue weighted by molar-refractivity contribution is -0.136. The topological polar surface area (TPSA) is 175 Å². The molecular weight excluding hydrogens is 707 g/mol. The third-order valence-corrected chi connectivity index (χ3v) is 10.1. The number of aromatic amines is 2. The molecule has 2 fully saturated rings. The Morgan fingerprint density at radius 2 is 1.47 bits per heavy atom. The van der Waals surface area contributed by atoms with Crippen LogP contribution in [-0.4, -0.2) is 99.3 Å². The first-order chi connectivity index (χ1) is 26.4. The maximum Gasteiger partial charge on any atom is 0.407 e. The lowest BCUT2D eigenvalue weighted by Gasteiger charge is -2.29. The number of rotatable bonds is 9. The van der Waals surface area contributed by atoms with Crippen molar-refractivity contribution in [1.82, 2.24) is 40.4 Å². The van der Waals surface area contributed by atoms with Crippen molar-refractivity contribution in [3.63, 3.8) is 0 Å². The van der Waals surface area contributed by atoms with E-state index in [1.165, 1.54) is 19.1 Å². The maximum atomic E-state index is 14.7. The molecule has 2 aliphatic rings. The Morgan fingerprint density at radius 1 is 0.836 bits per heavy atom. The predicted molar refractivity (Wildman–Crippen MR) is 202 cm³/mol. The molecule has 2 aliphatic heterocycles. The van der Waals surface area contributed by atoms with Crippen LogP contribution in [0.3, 0.4) is 0 Å². The number of imidazole rings is 2. The summed E-state index contributed by atoms with van der Waals surface area (Å²) >= 11 is 0. The number of alkyl carbamates (subject to hydrolysis) is 2. The zero-order valence-corrected chi connectivity index (χ0v) is 31.8. The van der Waals surface area contributed by atoms with Crippen molar-refractivity contribution >= 4 is 35.0 Å². The summed E-state index contributed by atoms with van der Waals surface area (Å²) in [6.07, 6.45) is 0.628. The number of carbonyl (C=O) groups is 4. The molecule has 0 bridgehead atoms. The van der Waals surface area contributed by atoms with Crippen LogP contribution in [0.5, 0.6) is 0 Å². The van der Waals surface area contributed by atoms with Crippen molar-refractivity contribution in [2.75, 3.05) is 27.3 Å². The average Bonchev–Trinajstić information content (AvgIpc) is 4.00. The van der Waals surface area contributed by atoms with Gasteiger partial charge in [-0.25, -0.2) is 23.9 Å². The number of nitrogens with zero attached hydrogens (tertiary/aromatic N) is 4. The second-order valence-corrected chi connectivity index (χ2v) is 14.6. The molecule has 4 N–H and O–H groups in total. The number of H-pyrrole nitrogens is 2. The van der Waals surface area contributed by atoms with E-state index in [2.05, 4.69) is 42.2 Å². The highest BCUT2D eigenvalue weighted by Gasteiger charge is 2.42. The van der Waals surface area contributed by atoms with Gasteiger partial charge in [0.05, 0.1) is 50.1 Å². The van der Waals surface area contributed by atoms with E-state index < -0.39 is 42.4 Å². The van der Waals surface area contributed by atoms with Gasteiger partial charge in [0.15, 0.2) is 0 Å². The lowest BCUT2D eigenvalue weighted by atomic mass is 10.0. The molecular formula is C40H47FN8O6. The van der Waals surface area contributed by atoms with Crippen molar-refractivity contribution in [1.29, 1.82) is 0 Å². The van der Waals surface area contributed by atoms with Crippen LogP contribution >= 0.6 is 0 Å². The number of hydrogen-bond donors (Lipinski definition) is 4. The first-order valence-corrected chi connectivity index (χ1v) is 18.5. The van der Waals surface area contributed by atoms with Gasteiger partial charge in [0.25, 0.3) is 0 Å². The molecule has 55 heavy (non-hydrogen) atoms. The molecule has 14 nitrogen and oxygen atoms in total. The highest BCUT2D eigenvalue weighted by Crippen LogP contribution is 2.35. The highest BCUT2D eigenvalue weighted by molar-refractivity contribution is 5.87. The number of alkyl halides is 1. The molecule has 2 aromatic heterocycles. The fourth-order valence-corrected chi connectivity index (χ4v) is 7.18. The quantitative estimate of drug-likeness (QED) is 0.165. The third-order valence-electron chi connectivity index (χ3n) is 10.1. The molecule has 6 rings (SSSR count). The molecule has 5 atom stereocenters. The summed E-state index contributed by atoms with van der Waals surface area (Å²) in [6.45, 7) is 7.84. The van der Waals surface area contributed by atoms with Crippen LogP contribution in [-0.2, 0) is 19.1 Å². The Kier molecular flexibility index (Phi) is 11.7. The van der Waals surface area contributed by atoms with E-state index in [0.29, 0.717) is 23.9 Å². The van der Waals surface area contributed by atoms with Crippen LogP contribution in [0, 0.1) is 23.7 Å². The second kappa shape index (κ2) is 16.6. The summed E-state index contributed by atoms with van der Waals surface area (Å²) in [4.78, 5) is 69.9. The third kappa shape index (κ3) is 8.58. The van der Waals surface area contributed by atoms with Gasteiger partial charge in [-0.3, -0.25) is 9.59 Å². The van der Waals surface area contributed by atoms with E-state index in [0.717, 1.165) is 40.6 Å². The monoisotopic (exact) mass is 754 g/mol. The molecule has 0 aliphatic carbocycles. The number of halogens is 1. The van der Waals surface area contributed by atoms with Crippen LogP contribution in [0.4, 0.5) is 14.0 Å². The van der Waals surface area contributed by atoms with Gasteiger partial charge >= 0.3 is 12.2 Å². The summed E-state index contributed by atoms with van der Waals surface area (Å²) in [7, 11) is 2.50. The molecule has 4 heterocycles. The van der Waals surface area contributed by atoms with Crippen molar-refractivity contribution in [2.24, 2.45) is 11.8 Å². The number of aromatic nitrogens is 4. The minimum atomic E-state index is -1.23. The number of fused-ring (bicyclic) bond motifs is 1. The van der Waals surface area contributed by atoms with Crippen LogP contribution in [0.2, 0.25) is 0 Å². The Balaban J connectivity index is 1.13. The van der Waals surface area contributed by atoms with E-state index in [-0.39, 0.29) is 36.8 Å². The molecule has 5 unspecified atom stereocenters. The number of methoxy groups -OCH3 is 2. The normalized spacial score (nSPS) is 19.3. The number of nitrogens with one attached hydrogen (secondary N) is 4. The number of carbonyl (C=O) groups excluding carboxylic acids is 4. The average molecular weight is 755 g/mol. The Labute approximate surface area is 318 Å². The summed E-state index contributed by atoms with van der Waals surface area (Å²) in [6, 6.07) is 11.3. The smallest absolute Gasteiger partial charge is 0.407 e. The second-order valence-electron chi connectivity index (χ2n) is 14.6. The molecule has 2 aromatic carbocycles. The van der Waals surface area contributed by atoms with Crippen LogP contribution in [0.25, 0.3) is 22.2 Å². The Hall–Kier alpha value is -5.91. The standard InChI is InChI=1S/C40H47FN8O6/c1-22(2)33(46-39(52)54-5)37(50)48-17-7-8-31(48)36-44-29-16-14-26(18-30(29)45-36)25-12-9-24(10-13-25)11-15-28-20-42-35(43-28)32-19-27(41)21-49(32)38(51)34(23(3)4)47-40(53)55-6/h9-10,12-14,16,18,20,22-23,27,31-34H,7-8,17,19,21H2,1-6H3,(H,42,43)(H,44,45)(H,46,52)(H,47,53). The van der Waals surface area contributed by atoms with Crippen molar-refractivity contribution in [3.8, 4) is 23.0 Å². The van der Waals surface area contributed by atoms with Crippen LogP contribution in [0.1, 0.15) is 81.9 Å². The lowest BCUT2D eigenvalue weighted by Crippen LogP contribution is -2.51. The van der Waals surface area contributed by atoms with E-state index >= 15 is 0 Å². The van der Waals surface area contributed by atoms with E-state index in [4.69, 9.17) is 9.72 Å². The number of ether oxygens (including phenoxy) is 2. The number of hydrogen-bond acceptors (Lipinski definition) is 8. The summed E-state index contributed by atoms with van der Waals surface area (Å²) in [5, 5.41) is 5.25. The number of amides is 4. The molecule has 2 saturated heterocycles. The number of likely N-dealkylation sites (tertiary alicyclic amines) is 2. The molecule has 0 spiro atoms. The fraction of sp³-hybridized carbons (Fsp3) is 0.450. The zero-order chi connectivity index (χ0) is 39.4. The SMILES string of the molecule is COC(=O)NC(C(=O)N1CC(F)CC1c1ncc(C#Cc2ccc(-c3ccc4nc(C5CCCN5C(=O)C(NC(=O)OC)C(C)C)[nH]c4c3)cc2)[nH]1)C(C)C. The van der Waals surface area contributed by atoms with Gasteiger partial charge in [-0.2, -0.15) is 0 Å². The molecule has 290 valence electrons.